The number of thioether (sulfide) groups is 1. The summed E-state index contributed by atoms with van der Waals surface area (Å²) in [6.07, 6.45) is 3.50. The highest BCUT2D eigenvalue weighted by molar-refractivity contribution is 8.26. The summed E-state index contributed by atoms with van der Waals surface area (Å²) in [6, 6.07) is 15.9. The highest BCUT2D eigenvalue weighted by Gasteiger charge is 2.32. The van der Waals surface area contributed by atoms with E-state index in [1.807, 2.05) is 92.6 Å². The standard InChI is InChI=1S/C21H22N4OS2/c1-23(2)17-9-5-15(6-10-17)13-19-20(26)25(21(27)28-19)22-14-16-7-11-18(12-8-16)24(3)4/h5-14H,1-4H3/b19-13+,22-14-. The van der Waals surface area contributed by atoms with Crippen LogP contribution >= 0.6 is 24.0 Å². The van der Waals surface area contributed by atoms with Crippen molar-refractivity contribution >= 4 is 57.9 Å². The first-order chi connectivity index (χ1) is 13.3. The fourth-order valence-electron chi connectivity index (χ4n) is 2.56. The molecule has 5 nitrogen and oxygen atoms in total. The molecule has 0 atom stereocenters. The van der Waals surface area contributed by atoms with Crippen LogP contribution in [0.2, 0.25) is 0 Å². The van der Waals surface area contributed by atoms with Gasteiger partial charge in [0.1, 0.15) is 0 Å². The molecule has 2 aromatic rings. The normalized spacial score (nSPS) is 15.7. The molecule has 0 spiro atoms. The van der Waals surface area contributed by atoms with Gasteiger partial charge in [0.15, 0.2) is 4.32 Å². The molecule has 0 aliphatic carbocycles. The lowest BCUT2D eigenvalue weighted by Crippen LogP contribution is -2.22. The van der Waals surface area contributed by atoms with Crippen LogP contribution in [0.5, 0.6) is 0 Å². The van der Waals surface area contributed by atoms with E-state index in [2.05, 4.69) is 5.10 Å². The largest absolute Gasteiger partial charge is 0.378 e. The number of benzene rings is 2. The number of thiocarbonyl (C=S) groups is 1. The van der Waals surface area contributed by atoms with Gasteiger partial charge in [0.05, 0.1) is 11.1 Å². The van der Waals surface area contributed by atoms with Crippen LogP contribution in [0.3, 0.4) is 0 Å². The Bertz CT molecular complexity index is 932. The smallest absolute Gasteiger partial charge is 0.286 e. The Balaban J connectivity index is 1.74. The van der Waals surface area contributed by atoms with Gasteiger partial charge in [-0.05, 0) is 53.7 Å². The Morgan fingerprint density at radius 2 is 1.39 bits per heavy atom. The van der Waals surface area contributed by atoms with E-state index in [1.54, 1.807) is 6.21 Å². The molecule has 0 saturated carbocycles. The minimum atomic E-state index is -0.201. The Hall–Kier alpha value is -2.64. The fraction of sp³-hybridized carbons (Fsp3) is 0.190. The molecule has 0 N–H and O–H groups in total. The number of carbonyl (C=O) groups is 1. The van der Waals surface area contributed by atoms with Crippen LogP contribution in [0.1, 0.15) is 11.1 Å². The average molecular weight is 411 g/mol. The monoisotopic (exact) mass is 410 g/mol. The predicted octanol–water partition coefficient (Wildman–Crippen LogP) is 4.05. The van der Waals surface area contributed by atoms with E-state index in [0.29, 0.717) is 9.23 Å². The number of rotatable bonds is 5. The Morgan fingerprint density at radius 3 is 1.89 bits per heavy atom. The van der Waals surface area contributed by atoms with E-state index < -0.39 is 0 Å². The van der Waals surface area contributed by atoms with Crippen molar-refractivity contribution < 1.29 is 4.79 Å². The Morgan fingerprint density at radius 1 is 0.893 bits per heavy atom. The maximum absolute atomic E-state index is 12.7. The molecule has 1 aliphatic rings. The quantitative estimate of drug-likeness (QED) is 0.422. The van der Waals surface area contributed by atoms with Crippen molar-refractivity contribution in [3.63, 3.8) is 0 Å². The minimum absolute atomic E-state index is 0.201. The van der Waals surface area contributed by atoms with Crippen molar-refractivity contribution in [1.29, 1.82) is 0 Å². The number of nitrogens with zero attached hydrogens (tertiary/aromatic N) is 4. The maximum atomic E-state index is 12.7. The average Bonchev–Trinajstić information content (AvgIpc) is 2.94. The lowest BCUT2D eigenvalue weighted by molar-refractivity contribution is -0.122. The summed E-state index contributed by atoms with van der Waals surface area (Å²) in [7, 11) is 7.96. The molecule has 0 radical (unpaired) electrons. The molecular weight excluding hydrogens is 388 g/mol. The van der Waals surface area contributed by atoms with Crippen molar-refractivity contribution in [3.8, 4) is 0 Å². The third kappa shape index (κ3) is 4.61. The van der Waals surface area contributed by atoms with E-state index in [1.165, 1.54) is 16.8 Å². The molecule has 28 heavy (non-hydrogen) atoms. The van der Waals surface area contributed by atoms with E-state index >= 15 is 0 Å². The van der Waals surface area contributed by atoms with Gasteiger partial charge in [-0.15, -0.1) is 0 Å². The fourth-order valence-corrected chi connectivity index (χ4v) is 3.73. The zero-order chi connectivity index (χ0) is 20.3. The number of hydrogen-bond acceptors (Lipinski definition) is 6. The topological polar surface area (TPSA) is 39.1 Å². The lowest BCUT2D eigenvalue weighted by Gasteiger charge is -2.12. The van der Waals surface area contributed by atoms with Crippen LogP contribution in [0.4, 0.5) is 11.4 Å². The number of hydrogen-bond donors (Lipinski definition) is 0. The first kappa shape index (κ1) is 20.1. The van der Waals surface area contributed by atoms with Gasteiger partial charge in [0, 0.05) is 39.6 Å². The molecular formula is C21H22N4OS2. The number of anilines is 2. The lowest BCUT2D eigenvalue weighted by atomic mass is 10.2. The molecule has 1 saturated heterocycles. The van der Waals surface area contributed by atoms with Crippen molar-refractivity contribution in [2.45, 2.75) is 0 Å². The zero-order valence-corrected chi connectivity index (χ0v) is 17.9. The van der Waals surface area contributed by atoms with Gasteiger partial charge in [-0.25, -0.2) is 0 Å². The van der Waals surface area contributed by atoms with Crippen LogP contribution < -0.4 is 9.80 Å². The van der Waals surface area contributed by atoms with Crippen LogP contribution in [-0.4, -0.2) is 49.6 Å². The second-order valence-corrected chi connectivity index (χ2v) is 8.39. The van der Waals surface area contributed by atoms with Gasteiger partial charge >= 0.3 is 0 Å². The molecule has 0 unspecified atom stereocenters. The summed E-state index contributed by atoms with van der Waals surface area (Å²) in [5, 5.41) is 5.57. The predicted molar refractivity (Wildman–Crippen MR) is 124 cm³/mol. The van der Waals surface area contributed by atoms with Crippen molar-refractivity contribution in [2.24, 2.45) is 5.10 Å². The first-order valence-corrected chi connectivity index (χ1v) is 9.94. The summed E-state index contributed by atoms with van der Waals surface area (Å²) in [6.45, 7) is 0. The van der Waals surface area contributed by atoms with Crippen molar-refractivity contribution in [2.75, 3.05) is 38.0 Å². The van der Waals surface area contributed by atoms with Crippen molar-refractivity contribution in [1.82, 2.24) is 5.01 Å². The van der Waals surface area contributed by atoms with Gasteiger partial charge in [-0.1, -0.05) is 36.0 Å². The zero-order valence-electron chi connectivity index (χ0n) is 16.3. The summed E-state index contributed by atoms with van der Waals surface area (Å²) in [5.74, 6) is -0.201. The van der Waals surface area contributed by atoms with Crippen LogP contribution in [0.25, 0.3) is 6.08 Å². The first-order valence-electron chi connectivity index (χ1n) is 8.72. The van der Waals surface area contributed by atoms with E-state index in [0.717, 1.165) is 22.5 Å². The number of hydrazone groups is 1. The Labute approximate surface area is 175 Å². The maximum Gasteiger partial charge on any atom is 0.286 e. The molecule has 1 amide bonds. The molecule has 0 bridgehead atoms. The SMILES string of the molecule is CN(C)c1ccc(/C=N\N2C(=O)/C(=C\c3ccc(N(C)C)cc3)SC2=S)cc1. The number of carbonyl (C=O) groups excluding carboxylic acids is 1. The molecule has 7 heteroatoms. The van der Waals surface area contributed by atoms with Gasteiger partial charge in [-0.2, -0.15) is 10.1 Å². The minimum Gasteiger partial charge on any atom is -0.378 e. The van der Waals surface area contributed by atoms with Crippen molar-refractivity contribution in [3.05, 3.63) is 64.6 Å². The second kappa shape index (κ2) is 8.58. The second-order valence-electron chi connectivity index (χ2n) is 6.71. The molecule has 1 aliphatic heterocycles. The van der Waals surface area contributed by atoms with Crippen LogP contribution in [0, 0.1) is 0 Å². The number of amides is 1. The molecule has 0 aromatic heterocycles. The van der Waals surface area contributed by atoms with Crippen LogP contribution in [-0.2, 0) is 4.79 Å². The van der Waals surface area contributed by atoms with Crippen LogP contribution in [0.15, 0.2) is 58.5 Å². The summed E-state index contributed by atoms with van der Waals surface area (Å²) >= 11 is 6.60. The highest BCUT2D eigenvalue weighted by Crippen LogP contribution is 2.33. The van der Waals surface area contributed by atoms with E-state index in [4.69, 9.17) is 12.2 Å². The van der Waals surface area contributed by atoms with Gasteiger partial charge in [0.25, 0.3) is 5.91 Å². The summed E-state index contributed by atoms with van der Waals surface area (Å²) < 4.78 is 0.433. The molecule has 3 rings (SSSR count). The molecule has 144 valence electrons. The summed E-state index contributed by atoms with van der Waals surface area (Å²) in [5.41, 5.74) is 4.07. The Kier molecular flexibility index (Phi) is 6.16. The highest BCUT2D eigenvalue weighted by atomic mass is 32.2. The third-order valence-electron chi connectivity index (χ3n) is 4.21. The van der Waals surface area contributed by atoms with E-state index in [9.17, 15) is 4.79 Å². The van der Waals surface area contributed by atoms with E-state index in [-0.39, 0.29) is 5.91 Å². The molecule has 1 heterocycles. The van der Waals surface area contributed by atoms with Gasteiger partial charge < -0.3 is 9.80 Å². The van der Waals surface area contributed by atoms with Gasteiger partial charge in [-0.3, -0.25) is 4.79 Å². The molecule has 1 fully saturated rings. The molecule has 2 aromatic carbocycles. The summed E-state index contributed by atoms with van der Waals surface area (Å²) in [4.78, 5) is 17.3. The van der Waals surface area contributed by atoms with Gasteiger partial charge in [0.2, 0.25) is 0 Å². The third-order valence-corrected chi connectivity index (χ3v) is 5.50.